The third-order valence-corrected chi connectivity index (χ3v) is 1.60. The molecule has 0 aliphatic carbocycles. The highest BCUT2D eigenvalue weighted by Crippen LogP contribution is 2.01. The van der Waals surface area contributed by atoms with E-state index in [0.29, 0.717) is 6.54 Å². The van der Waals surface area contributed by atoms with E-state index >= 15 is 0 Å². The molecule has 2 N–H and O–H groups in total. The first-order valence-electron chi connectivity index (χ1n) is 3.94. The van der Waals surface area contributed by atoms with Gasteiger partial charge in [0, 0.05) is 24.5 Å². The molecular weight excluding hydrogens is 166 g/mol. The summed E-state index contributed by atoms with van der Waals surface area (Å²) in [7, 11) is 0. The minimum Gasteiger partial charge on any atom is -0.364 e. The number of hydrogen-bond donors (Lipinski definition) is 2. The van der Waals surface area contributed by atoms with Gasteiger partial charge < -0.3 is 5.32 Å². The van der Waals surface area contributed by atoms with Crippen LogP contribution in [0.15, 0.2) is 30.7 Å². The number of hydrogen-bond acceptors (Lipinski definition) is 4. The SMILES string of the molecule is c1cnnc(NCc2cn[nH]c2)c1. The van der Waals surface area contributed by atoms with E-state index in [2.05, 4.69) is 25.7 Å². The van der Waals surface area contributed by atoms with Gasteiger partial charge >= 0.3 is 0 Å². The molecule has 0 bridgehead atoms. The summed E-state index contributed by atoms with van der Waals surface area (Å²) in [5.74, 6) is 0.767. The number of nitrogens with zero attached hydrogens (tertiary/aromatic N) is 3. The molecule has 0 saturated carbocycles. The molecule has 0 aliphatic heterocycles. The van der Waals surface area contributed by atoms with Crippen LogP contribution in [0.25, 0.3) is 0 Å². The second-order valence-corrected chi connectivity index (χ2v) is 2.57. The van der Waals surface area contributed by atoms with Crippen LogP contribution < -0.4 is 5.32 Å². The molecule has 2 heterocycles. The highest BCUT2D eigenvalue weighted by atomic mass is 15.2. The zero-order valence-electron chi connectivity index (χ0n) is 6.94. The summed E-state index contributed by atoms with van der Waals surface area (Å²) in [6, 6.07) is 3.71. The largest absolute Gasteiger partial charge is 0.364 e. The van der Waals surface area contributed by atoms with Crippen molar-refractivity contribution in [2.24, 2.45) is 0 Å². The Labute approximate surface area is 75.2 Å². The Morgan fingerprint density at radius 1 is 1.46 bits per heavy atom. The Hall–Kier alpha value is -1.91. The van der Waals surface area contributed by atoms with E-state index < -0.39 is 0 Å². The third-order valence-electron chi connectivity index (χ3n) is 1.60. The number of rotatable bonds is 3. The zero-order chi connectivity index (χ0) is 8.93. The van der Waals surface area contributed by atoms with Crippen molar-refractivity contribution in [3.05, 3.63) is 36.3 Å². The summed E-state index contributed by atoms with van der Waals surface area (Å²) in [6.07, 6.45) is 5.25. The van der Waals surface area contributed by atoms with E-state index in [0.717, 1.165) is 11.4 Å². The first-order chi connectivity index (χ1) is 6.45. The third kappa shape index (κ3) is 2.02. The maximum Gasteiger partial charge on any atom is 0.148 e. The maximum atomic E-state index is 3.89. The molecule has 0 amide bonds. The molecule has 0 aromatic carbocycles. The molecule has 5 heteroatoms. The van der Waals surface area contributed by atoms with Crippen LogP contribution >= 0.6 is 0 Å². The van der Waals surface area contributed by atoms with Crippen molar-refractivity contribution in [3.63, 3.8) is 0 Å². The molecule has 2 rings (SSSR count). The monoisotopic (exact) mass is 175 g/mol. The van der Waals surface area contributed by atoms with Crippen LogP contribution in [-0.2, 0) is 6.54 Å². The van der Waals surface area contributed by atoms with E-state index in [1.54, 1.807) is 12.4 Å². The normalized spacial score (nSPS) is 9.85. The second kappa shape index (κ2) is 3.66. The van der Waals surface area contributed by atoms with Crippen molar-refractivity contribution in [1.29, 1.82) is 0 Å². The summed E-state index contributed by atoms with van der Waals surface area (Å²) in [4.78, 5) is 0. The summed E-state index contributed by atoms with van der Waals surface area (Å²) >= 11 is 0. The average molecular weight is 175 g/mol. The van der Waals surface area contributed by atoms with Crippen LogP contribution in [0, 0.1) is 0 Å². The van der Waals surface area contributed by atoms with Crippen LogP contribution in [0.3, 0.4) is 0 Å². The number of anilines is 1. The van der Waals surface area contributed by atoms with Gasteiger partial charge in [0.15, 0.2) is 0 Å². The quantitative estimate of drug-likeness (QED) is 0.724. The van der Waals surface area contributed by atoms with Gasteiger partial charge in [-0.2, -0.15) is 10.2 Å². The minimum absolute atomic E-state index is 0.704. The van der Waals surface area contributed by atoms with Crippen molar-refractivity contribution in [2.45, 2.75) is 6.54 Å². The fraction of sp³-hybridized carbons (Fsp3) is 0.125. The molecule has 13 heavy (non-hydrogen) atoms. The van der Waals surface area contributed by atoms with E-state index in [1.165, 1.54) is 0 Å². The number of aromatic amines is 1. The highest BCUT2D eigenvalue weighted by molar-refractivity contribution is 5.32. The smallest absolute Gasteiger partial charge is 0.148 e. The van der Waals surface area contributed by atoms with Gasteiger partial charge in [-0.1, -0.05) is 0 Å². The van der Waals surface area contributed by atoms with Crippen LogP contribution in [0.4, 0.5) is 5.82 Å². The van der Waals surface area contributed by atoms with Crippen LogP contribution in [-0.4, -0.2) is 20.4 Å². The van der Waals surface area contributed by atoms with Gasteiger partial charge in [0.1, 0.15) is 5.82 Å². The molecule has 0 aliphatic rings. The van der Waals surface area contributed by atoms with E-state index in [1.807, 2.05) is 18.3 Å². The fourth-order valence-corrected chi connectivity index (χ4v) is 0.963. The lowest BCUT2D eigenvalue weighted by Gasteiger charge is -2.00. The summed E-state index contributed by atoms with van der Waals surface area (Å²) < 4.78 is 0. The predicted octanol–water partition coefficient (Wildman–Crippen LogP) is 0.812. The Morgan fingerprint density at radius 2 is 2.46 bits per heavy atom. The van der Waals surface area contributed by atoms with Crippen molar-refractivity contribution in [2.75, 3.05) is 5.32 Å². The molecule has 0 unspecified atom stereocenters. The van der Waals surface area contributed by atoms with Crippen LogP contribution in [0.2, 0.25) is 0 Å². The highest BCUT2D eigenvalue weighted by Gasteiger charge is 1.94. The topological polar surface area (TPSA) is 66.5 Å². The van der Waals surface area contributed by atoms with Gasteiger partial charge in [0.2, 0.25) is 0 Å². The number of aromatic nitrogens is 4. The van der Waals surface area contributed by atoms with Gasteiger partial charge in [0.05, 0.1) is 6.20 Å². The van der Waals surface area contributed by atoms with Gasteiger partial charge in [-0.25, -0.2) is 0 Å². The molecule has 0 atom stereocenters. The summed E-state index contributed by atoms with van der Waals surface area (Å²) in [5, 5.41) is 17.3. The predicted molar refractivity (Wildman–Crippen MR) is 47.9 cm³/mol. The fourth-order valence-electron chi connectivity index (χ4n) is 0.963. The molecule has 0 radical (unpaired) electrons. The van der Waals surface area contributed by atoms with Crippen molar-refractivity contribution >= 4 is 5.82 Å². The van der Waals surface area contributed by atoms with E-state index in [4.69, 9.17) is 0 Å². The lowest BCUT2D eigenvalue weighted by atomic mass is 10.3. The van der Waals surface area contributed by atoms with Crippen molar-refractivity contribution in [3.8, 4) is 0 Å². The Balaban J connectivity index is 1.94. The Kier molecular flexibility index (Phi) is 2.18. The summed E-state index contributed by atoms with van der Waals surface area (Å²) in [6.45, 7) is 0.704. The standard InChI is InChI=1S/C8H9N5/c1-2-8(13-10-3-1)9-4-7-5-11-12-6-7/h1-3,5-6H,4H2,(H,9,13)(H,11,12). The van der Waals surface area contributed by atoms with Gasteiger partial charge in [-0.3, -0.25) is 5.10 Å². The molecule has 2 aromatic heterocycles. The average Bonchev–Trinajstić information content (AvgIpc) is 2.69. The van der Waals surface area contributed by atoms with E-state index in [9.17, 15) is 0 Å². The number of H-pyrrole nitrogens is 1. The molecule has 0 spiro atoms. The lowest BCUT2D eigenvalue weighted by Crippen LogP contribution is -2.00. The second-order valence-electron chi connectivity index (χ2n) is 2.57. The van der Waals surface area contributed by atoms with Gasteiger partial charge in [-0.15, -0.1) is 5.10 Å². The molecule has 0 saturated heterocycles. The minimum atomic E-state index is 0.704. The lowest BCUT2D eigenvalue weighted by molar-refractivity contribution is 1.00. The molecule has 0 fully saturated rings. The molecular formula is C8H9N5. The first kappa shape index (κ1) is 7.72. The molecule has 2 aromatic rings. The van der Waals surface area contributed by atoms with E-state index in [-0.39, 0.29) is 0 Å². The Morgan fingerprint density at radius 3 is 3.15 bits per heavy atom. The van der Waals surface area contributed by atoms with Crippen molar-refractivity contribution in [1.82, 2.24) is 20.4 Å². The molecule has 66 valence electrons. The van der Waals surface area contributed by atoms with Crippen molar-refractivity contribution < 1.29 is 0 Å². The van der Waals surface area contributed by atoms with Gasteiger partial charge in [-0.05, 0) is 12.1 Å². The maximum absolute atomic E-state index is 3.89. The van der Waals surface area contributed by atoms with Gasteiger partial charge in [0.25, 0.3) is 0 Å². The van der Waals surface area contributed by atoms with Crippen LogP contribution in [0.5, 0.6) is 0 Å². The van der Waals surface area contributed by atoms with Crippen LogP contribution in [0.1, 0.15) is 5.56 Å². The zero-order valence-corrected chi connectivity index (χ0v) is 6.94. The molecule has 5 nitrogen and oxygen atoms in total. The number of nitrogens with one attached hydrogen (secondary N) is 2. The Bertz CT molecular complexity index is 342. The summed E-state index contributed by atoms with van der Waals surface area (Å²) in [5.41, 5.74) is 1.09. The first-order valence-corrected chi connectivity index (χ1v) is 3.94.